The smallest absolute Gasteiger partial charge is 0.343 e. The van der Waals surface area contributed by atoms with Gasteiger partial charge in [0.1, 0.15) is 0 Å². The van der Waals surface area contributed by atoms with Crippen molar-refractivity contribution in [1.82, 2.24) is 5.32 Å². The lowest BCUT2D eigenvalue weighted by Crippen LogP contribution is -2.50. The zero-order valence-corrected chi connectivity index (χ0v) is 10.4. The molecule has 2 nitrogen and oxygen atoms in total. The van der Waals surface area contributed by atoms with Crippen molar-refractivity contribution in [2.24, 2.45) is 0 Å². The van der Waals surface area contributed by atoms with E-state index in [1.165, 1.54) is 19.1 Å². The number of nitrogens with one attached hydrogen (secondary N) is 1. The summed E-state index contributed by atoms with van der Waals surface area (Å²) in [6.07, 6.45) is -5.91. The molecule has 0 fully saturated rings. The van der Waals surface area contributed by atoms with Gasteiger partial charge in [0.05, 0.1) is 10.4 Å². The third-order valence-electron chi connectivity index (χ3n) is 2.01. The average molecular weight is 308 g/mol. The van der Waals surface area contributed by atoms with Crippen molar-refractivity contribution in [3.63, 3.8) is 0 Å². The molecule has 9 heteroatoms. The SMILES string of the molecule is CC(NC(=O)C(F)(F)C(F)(F)F)c1ccc(Cl)s1. The first-order valence-corrected chi connectivity index (χ1v) is 5.76. The van der Waals surface area contributed by atoms with Gasteiger partial charge in [-0.25, -0.2) is 0 Å². The lowest BCUT2D eigenvalue weighted by Gasteiger charge is -2.21. The van der Waals surface area contributed by atoms with E-state index in [-0.39, 0.29) is 0 Å². The minimum Gasteiger partial charge on any atom is -0.343 e. The molecule has 0 radical (unpaired) electrons. The maximum atomic E-state index is 12.6. The molecule has 1 N–H and O–H groups in total. The monoisotopic (exact) mass is 307 g/mol. The molecule has 1 aromatic heterocycles. The topological polar surface area (TPSA) is 29.1 Å². The highest BCUT2D eigenvalue weighted by atomic mass is 35.5. The molecule has 1 aromatic rings. The van der Waals surface area contributed by atoms with Crippen molar-refractivity contribution >= 4 is 28.8 Å². The number of hydrogen-bond acceptors (Lipinski definition) is 2. The maximum absolute atomic E-state index is 12.6. The van der Waals surface area contributed by atoms with E-state index in [0.29, 0.717) is 9.21 Å². The summed E-state index contributed by atoms with van der Waals surface area (Å²) in [4.78, 5) is 11.3. The Bertz CT molecular complexity index is 444. The number of halogens is 6. The van der Waals surface area contributed by atoms with E-state index >= 15 is 0 Å². The fourth-order valence-corrected chi connectivity index (χ4v) is 2.11. The van der Waals surface area contributed by atoms with Crippen LogP contribution in [0.5, 0.6) is 0 Å². The quantitative estimate of drug-likeness (QED) is 0.846. The lowest BCUT2D eigenvalue weighted by atomic mass is 10.2. The van der Waals surface area contributed by atoms with E-state index in [0.717, 1.165) is 11.3 Å². The van der Waals surface area contributed by atoms with Gasteiger partial charge in [-0.3, -0.25) is 4.79 Å². The number of hydrogen-bond donors (Lipinski definition) is 1. The van der Waals surface area contributed by atoms with Crippen LogP contribution in [-0.2, 0) is 4.79 Å². The third kappa shape index (κ3) is 3.11. The zero-order chi connectivity index (χ0) is 14.1. The number of thiophene rings is 1. The summed E-state index contributed by atoms with van der Waals surface area (Å²) in [5.74, 6) is -7.80. The highest BCUT2D eigenvalue weighted by molar-refractivity contribution is 7.16. The summed E-state index contributed by atoms with van der Waals surface area (Å²) in [5, 5.41) is 1.60. The third-order valence-corrected chi connectivity index (χ3v) is 3.42. The van der Waals surface area contributed by atoms with E-state index in [2.05, 4.69) is 0 Å². The van der Waals surface area contributed by atoms with E-state index in [4.69, 9.17) is 11.6 Å². The van der Waals surface area contributed by atoms with Crippen LogP contribution < -0.4 is 5.32 Å². The standard InChI is InChI=1S/C9H7ClF5NOS/c1-4(5-2-3-6(10)18-5)16-7(17)8(11,12)9(13,14)15/h2-4H,1H3,(H,16,17). The number of carbonyl (C=O) groups is 1. The second kappa shape index (κ2) is 5.00. The molecule has 0 aliphatic heterocycles. The van der Waals surface area contributed by atoms with Gasteiger partial charge in [-0.15, -0.1) is 11.3 Å². The molecule has 0 saturated carbocycles. The Hall–Kier alpha value is -0.890. The van der Waals surface area contributed by atoms with Crippen LogP contribution in [0, 0.1) is 0 Å². The largest absolute Gasteiger partial charge is 0.463 e. The number of carbonyl (C=O) groups excluding carboxylic acids is 1. The van der Waals surface area contributed by atoms with Crippen molar-refractivity contribution < 1.29 is 26.7 Å². The Kier molecular flexibility index (Phi) is 4.22. The number of rotatable bonds is 3. The summed E-state index contributed by atoms with van der Waals surface area (Å²) in [6, 6.07) is 1.90. The summed E-state index contributed by atoms with van der Waals surface area (Å²) < 4.78 is 61.4. The molecule has 0 bridgehead atoms. The molecule has 0 spiro atoms. The van der Waals surface area contributed by atoms with Crippen molar-refractivity contribution in [2.45, 2.75) is 25.1 Å². The maximum Gasteiger partial charge on any atom is 0.463 e. The van der Waals surface area contributed by atoms with E-state index in [9.17, 15) is 26.7 Å². The molecule has 0 aliphatic rings. The Morgan fingerprint density at radius 1 is 1.33 bits per heavy atom. The predicted molar refractivity (Wildman–Crippen MR) is 56.9 cm³/mol. The van der Waals surface area contributed by atoms with Crippen molar-refractivity contribution in [3.05, 3.63) is 21.3 Å². The number of alkyl halides is 5. The summed E-state index contributed by atoms with van der Waals surface area (Å²) in [7, 11) is 0. The van der Waals surface area contributed by atoms with Crippen LogP contribution in [0.4, 0.5) is 22.0 Å². The molecule has 0 saturated heterocycles. The fourth-order valence-electron chi connectivity index (χ4n) is 1.05. The molecular weight excluding hydrogens is 301 g/mol. The van der Waals surface area contributed by atoms with Gasteiger partial charge in [-0.1, -0.05) is 11.6 Å². The van der Waals surface area contributed by atoms with Crippen molar-refractivity contribution in [2.75, 3.05) is 0 Å². The van der Waals surface area contributed by atoms with Gasteiger partial charge in [-0.2, -0.15) is 22.0 Å². The second-order valence-corrected chi connectivity index (χ2v) is 5.16. The molecule has 1 unspecified atom stereocenters. The molecule has 18 heavy (non-hydrogen) atoms. The highest BCUT2D eigenvalue weighted by Crippen LogP contribution is 2.36. The highest BCUT2D eigenvalue weighted by Gasteiger charge is 2.63. The average Bonchev–Trinajstić information content (AvgIpc) is 2.62. The van der Waals surface area contributed by atoms with Crippen LogP contribution in [0.15, 0.2) is 12.1 Å². The van der Waals surface area contributed by atoms with E-state index < -0.39 is 24.0 Å². The molecule has 0 aliphatic carbocycles. The Morgan fingerprint density at radius 2 is 1.89 bits per heavy atom. The molecule has 0 aromatic carbocycles. The first-order chi connectivity index (χ1) is 8.05. The summed E-state index contributed by atoms with van der Waals surface area (Å²) in [6.45, 7) is 1.28. The Morgan fingerprint density at radius 3 is 2.28 bits per heavy atom. The van der Waals surface area contributed by atoms with Gasteiger partial charge >= 0.3 is 18.0 Å². The van der Waals surface area contributed by atoms with Crippen LogP contribution in [-0.4, -0.2) is 18.0 Å². The fraction of sp³-hybridized carbons (Fsp3) is 0.444. The van der Waals surface area contributed by atoms with Crippen LogP contribution in [0.1, 0.15) is 17.8 Å². The van der Waals surface area contributed by atoms with Crippen molar-refractivity contribution in [3.8, 4) is 0 Å². The summed E-state index contributed by atoms with van der Waals surface area (Å²) in [5.41, 5.74) is 0. The predicted octanol–water partition coefficient (Wildman–Crippen LogP) is 3.78. The van der Waals surface area contributed by atoms with E-state index in [1.807, 2.05) is 0 Å². The van der Waals surface area contributed by atoms with Crippen LogP contribution >= 0.6 is 22.9 Å². The molecule has 1 atom stereocenters. The zero-order valence-electron chi connectivity index (χ0n) is 8.82. The molecule has 1 rings (SSSR count). The van der Waals surface area contributed by atoms with Gasteiger partial charge < -0.3 is 5.32 Å². The van der Waals surface area contributed by atoms with Gasteiger partial charge in [-0.05, 0) is 19.1 Å². The minimum atomic E-state index is -5.91. The second-order valence-electron chi connectivity index (χ2n) is 3.41. The molecular formula is C9H7ClF5NOS. The first kappa shape index (κ1) is 15.2. The van der Waals surface area contributed by atoms with Crippen LogP contribution in [0.3, 0.4) is 0 Å². The Balaban J connectivity index is 2.77. The van der Waals surface area contributed by atoms with Crippen molar-refractivity contribution in [1.29, 1.82) is 0 Å². The van der Waals surface area contributed by atoms with Gasteiger partial charge in [0.25, 0.3) is 0 Å². The van der Waals surface area contributed by atoms with Crippen LogP contribution in [0.25, 0.3) is 0 Å². The van der Waals surface area contributed by atoms with Gasteiger partial charge in [0.2, 0.25) is 0 Å². The first-order valence-electron chi connectivity index (χ1n) is 4.56. The normalized spacial score (nSPS) is 14.4. The summed E-state index contributed by atoms with van der Waals surface area (Å²) >= 11 is 6.56. The molecule has 102 valence electrons. The van der Waals surface area contributed by atoms with Gasteiger partial charge in [0.15, 0.2) is 0 Å². The van der Waals surface area contributed by atoms with Crippen LogP contribution in [0.2, 0.25) is 4.34 Å². The Labute approximate surface area is 108 Å². The lowest BCUT2D eigenvalue weighted by molar-refractivity contribution is -0.270. The van der Waals surface area contributed by atoms with Gasteiger partial charge in [0, 0.05) is 4.88 Å². The molecule has 1 heterocycles. The molecule has 1 amide bonds. The number of amides is 1. The van der Waals surface area contributed by atoms with E-state index in [1.54, 1.807) is 5.32 Å². The minimum absolute atomic E-state index is 0.341.